The van der Waals surface area contributed by atoms with Gasteiger partial charge in [0.1, 0.15) is 0 Å². The molecule has 1 aromatic rings. The lowest BCUT2D eigenvalue weighted by Gasteiger charge is -2.22. The molecule has 0 N–H and O–H groups in total. The number of hydrogen-bond acceptors (Lipinski definition) is 3. The van der Waals surface area contributed by atoms with Gasteiger partial charge in [-0.2, -0.15) is 5.26 Å². The van der Waals surface area contributed by atoms with Gasteiger partial charge < -0.3 is 4.57 Å². The molecule has 76 valence electrons. The van der Waals surface area contributed by atoms with E-state index in [2.05, 4.69) is 36.4 Å². The van der Waals surface area contributed by atoms with Gasteiger partial charge in [0, 0.05) is 30.1 Å². The van der Waals surface area contributed by atoms with Crippen LogP contribution in [-0.2, 0) is 5.54 Å². The summed E-state index contributed by atoms with van der Waals surface area (Å²) in [5.74, 6) is 0.809. The summed E-state index contributed by atoms with van der Waals surface area (Å²) >= 11 is 1.63. The summed E-state index contributed by atoms with van der Waals surface area (Å²) in [5, 5.41) is 9.43. The van der Waals surface area contributed by atoms with Gasteiger partial charge in [-0.1, -0.05) is 11.8 Å². The SMILES string of the molecule is CC(C)(C)n1ccnc1SCCC#N. The van der Waals surface area contributed by atoms with Crippen molar-refractivity contribution in [2.75, 3.05) is 5.75 Å². The van der Waals surface area contributed by atoms with Crippen molar-refractivity contribution < 1.29 is 0 Å². The van der Waals surface area contributed by atoms with Crippen LogP contribution in [0.25, 0.3) is 0 Å². The van der Waals surface area contributed by atoms with E-state index in [1.54, 1.807) is 18.0 Å². The van der Waals surface area contributed by atoms with E-state index in [0.29, 0.717) is 6.42 Å². The van der Waals surface area contributed by atoms with Crippen molar-refractivity contribution in [3.05, 3.63) is 12.4 Å². The Balaban J connectivity index is 2.69. The summed E-state index contributed by atoms with van der Waals surface area (Å²) in [6.07, 6.45) is 4.36. The molecular formula is C10H15N3S. The van der Waals surface area contributed by atoms with Gasteiger partial charge in [0.15, 0.2) is 5.16 Å². The highest BCUT2D eigenvalue weighted by molar-refractivity contribution is 7.99. The normalized spacial score (nSPS) is 11.3. The van der Waals surface area contributed by atoms with Gasteiger partial charge in [-0.25, -0.2) is 4.98 Å². The van der Waals surface area contributed by atoms with E-state index in [1.807, 2.05) is 6.20 Å². The predicted molar refractivity (Wildman–Crippen MR) is 58.2 cm³/mol. The first kappa shape index (κ1) is 11.1. The molecular weight excluding hydrogens is 194 g/mol. The molecule has 0 fully saturated rings. The summed E-state index contributed by atoms with van der Waals surface area (Å²) in [6.45, 7) is 6.43. The summed E-state index contributed by atoms with van der Waals surface area (Å²) < 4.78 is 2.13. The van der Waals surface area contributed by atoms with E-state index >= 15 is 0 Å². The second-order valence-corrected chi connectivity index (χ2v) is 5.07. The molecule has 4 heteroatoms. The van der Waals surface area contributed by atoms with Crippen molar-refractivity contribution in [1.82, 2.24) is 9.55 Å². The van der Waals surface area contributed by atoms with Crippen molar-refractivity contribution in [2.24, 2.45) is 0 Å². The molecule has 14 heavy (non-hydrogen) atoms. The Morgan fingerprint density at radius 3 is 2.86 bits per heavy atom. The minimum Gasteiger partial charge on any atom is -0.321 e. The van der Waals surface area contributed by atoms with Crippen LogP contribution >= 0.6 is 11.8 Å². The average molecular weight is 209 g/mol. The van der Waals surface area contributed by atoms with Crippen LogP contribution in [0.4, 0.5) is 0 Å². The van der Waals surface area contributed by atoms with Gasteiger partial charge in [-0.05, 0) is 20.8 Å². The lowest BCUT2D eigenvalue weighted by Crippen LogP contribution is -2.21. The zero-order chi connectivity index (χ0) is 10.6. The number of nitrogens with zero attached hydrogens (tertiary/aromatic N) is 3. The highest BCUT2D eigenvalue weighted by Gasteiger charge is 2.16. The first-order valence-corrected chi connectivity index (χ1v) is 5.58. The highest BCUT2D eigenvalue weighted by Crippen LogP contribution is 2.23. The van der Waals surface area contributed by atoms with Crippen LogP contribution in [0, 0.1) is 11.3 Å². The molecule has 1 aromatic heterocycles. The minimum atomic E-state index is 0.0610. The molecule has 0 aliphatic carbocycles. The van der Waals surface area contributed by atoms with E-state index in [-0.39, 0.29) is 5.54 Å². The van der Waals surface area contributed by atoms with Crippen LogP contribution in [-0.4, -0.2) is 15.3 Å². The van der Waals surface area contributed by atoms with E-state index < -0.39 is 0 Å². The standard InChI is InChI=1S/C10H15N3S/c1-10(2,3)13-7-6-12-9(13)14-8-4-5-11/h6-7H,4,8H2,1-3H3. The number of hydrogen-bond donors (Lipinski definition) is 0. The van der Waals surface area contributed by atoms with Crippen LogP contribution in [0.5, 0.6) is 0 Å². The zero-order valence-corrected chi connectivity index (χ0v) is 9.64. The summed E-state index contributed by atoms with van der Waals surface area (Å²) in [5.41, 5.74) is 0.0610. The molecule has 0 saturated heterocycles. The van der Waals surface area contributed by atoms with E-state index in [0.717, 1.165) is 10.9 Å². The van der Waals surface area contributed by atoms with Gasteiger partial charge >= 0.3 is 0 Å². The van der Waals surface area contributed by atoms with Crippen molar-refractivity contribution in [3.8, 4) is 6.07 Å². The maximum absolute atomic E-state index is 8.43. The maximum atomic E-state index is 8.43. The maximum Gasteiger partial charge on any atom is 0.168 e. The largest absolute Gasteiger partial charge is 0.321 e. The van der Waals surface area contributed by atoms with Crippen LogP contribution in [0.2, 0.25) is 0 Å². The van der Waals surface area contributed by atoms with Gasteiger partial charge in [-0.3, -0.25) is 0 Å². The third kappa shape index (κ3) is 2.78. The first-order valence-electron chi connectivity index (χ1n) is 4.59. The summed E-state index contributed by atoms with van der Waals surface area (Å²) in [7, 11) is 0. The number of nitriles is 1. The van der Waals surface area contributed by atoms with Gasteiger partial charge in [0.2, 0.25) is 0 Å². The third-order valence-electron chi connectivity index (χ3n) is 1.77. The molecule has 0 aliphatic heterocycles. The van der Waals surface area contributed by atoms with Crippen LogP contribution in [0.15, 0.2) is 17.6 Å². The molecule has 0 bridgehead atoms. The molecule has 1 heterocycles. The third-order valence-corrected chi connectivity index (χ3v) is 2.74. The van der Waals surface area contributed by atoms with Crippen molar-refractivity contribution in [3.63, 3.8) is 0 Å². The van der Waals surface area contributed by atoms with Crippen LogP contribution in [0.1, 0.15) is 27.2 Å². The molecule has 1 rings (SSSR count). The van der Waals surface area contributed by atoms with Gasteiger partial charge in [-0.15, -0.1) is 0 Å². The molecule has 0 amide bonds. The number of rotatable bonds is 3. The van der Waals surface area contributed by atoms with E-state index in [9.17, 15) is 0 Å². The first-order chi connectivity index (χ1) is 6.55. The number of aromatic nitrogens is 2. The van der Waals surface area contributed by atoms with Crippen molar-refractivity contribution in [1.29, 1.82) is 5.26 Å². The quantitative estimate of drug-likeness (QED) is 0.567. The Labute approximate surface area is 89.1 Å². The Kier molecular flexibility index (Phi) is 3.59. The summed E-state index contributed by atoms with van der Waals surface area (Å²) in [4.78, 5) is 4.27. The second-order valence-electron chi connectivity index (χ2n) is 4.01. The predicted octanol–water partition coefficient (Wildman–Crippen LogP) is 2.64. The molecule has 0 aliphatic rings. The summed E-state index contributed by atoms with van der Waals surface area (Å²) in [6, 6.07) is 2.13. The second kappa shape index (κ2) is 4.52. The monoisotopic (exact) mass is 209 g/mol. The minimum absolute atomic E-state index is 0.0610. The molecule has 0 saturated carbocycles. The molecule has 3 nitrogen and oxygen atoms in total. The van der Waals surface area contributed by atoms with Crippen molar-refractivity contribution >= 4 is 11.8 Å². The Morgan fingerprint density at radius 2 is 2.29 bits per heavy atom. The van der Waals surface area contributed by atoms with Gasteiger partial charge in [0.05, 0.1) is 6.07 Å². The lowest BCUT2D eigenvalue weighted by atomic mass is 10.1. The average Bonchev–Trinajstić information content (AvgIpc) is 2.52. The number of thioether (sulfide) groups is 1. The fourth-order valence-electron chi connectivity index (χ4n) is 1.10. The molecule has 0 atom stereocenters. The fourth-order valence-corrected chi connectivity index (χ4v) is 2.08. The fraction of sp³-hybridized carbons (Fsp3) is 0.600. The highest BCUT2D eigenvalue weighted by atomic mass is 32.2. The smallest absolute Gasteiger partial charge is 0.168 e. The zero-order valence-electron chi connectivity index (χ0n) is 8.82. The molecule has 0 unspecified atom stereocenters. The van der Waals surface area contributed by atoms with Crippen LogP contribution in [0.3, 0.4) is 0 Å². The molecule has 0 aromatic carbocycles. The Hall–Kier alpha value is -0.950. The van der Waals surface area contributed by atoms with Crippen molar-refractivity contribution in [2.45, 2.75) is 37.9 Å². The molecule has 0 radical (unpaired) electrons. The Morgan fingerprint density at radius 1 is 1.57 bits per heavy atom. The van der Waals surface area contributed by atoms with E-state index in [1.165, 1.54) is 0 Å². The number of imidazole rings is 1. The van der Waals surface area contributed by atoms with E-state index in [4.69, 9.17) is 5.26 Å². The lowest BCUT2D eigenvalue weighted by molar-refractivity contribution is 0.367. The van der Waals surface area contributed by atoms with Crippen LogP contribution < -0.4 is 0 Å². The van der Waals surface area contributed by atoms with Gasteiger partial charge in [0.25, 0.3) is 0 Å². The Bertz CT molecular complexity index is 330. The topological polar surface area (TPSA) is 41.6 Å². The molecule has 0 spiro atoms.